The van der Waals surface area contributed by atoms with E-state index in [1.807, 2.05) is 0 Å². The monoisotopic (exact) mass is 268 g/mol. The van der Waals surface area contributed by atoms with Crippen molar-refractivity contribution < 1.29 is 41.0 Å². The Morgan fingerprint density at radius 3 is 1.71 bits per heavy atom. The lowest BCUT2D eigenvalue weighted by Gasteiger charge is -2.30. The molecular weight excluding hydrogens is 258 g/mol. The molecule has 1 N–H and O–H groups in total. The molecule has 0 bridgehead atoms. The molecule has 0 aliphatic heterocycles. The molecule has 3 nitrogen and oxygen atoms in total. The van der Waals surface area contributed by atoms with Crippen LogP contribution in [-0.4, -0.2) is 35.6 Å². The summed E-state index contributed by atoms with van der Waals surface area (Å²) in [5.41, 5.74) is -5.49. The Morgan fingerprint density at radius 2 is 1.47 bits per heavy atom. The second kappa shape index (κ2) is 4.71. The van der Waals surface area contributed by atoms with E-state index in [9.17, 15) is 31.1 Å². The van der Waals surface area contributed by atoms with Gasteiger partial charge in [0.05, 0.1) is 6.61 Å². The van der Waals surface area contributed by atoms with Crippen molar-refractivity contribution in [3.8, 4) is 0 Å². The quantitative estimate of drug-likeness (QED) is 0.629. The van der Waals surface area contributed by atoms with Crippen LogP contribution >= 0.6 is 0 Å². The summed E-state index contributed by atoms with van der Waals surface area (Å²) in [7, 11) is 0. The number of alkyl halides is 6. The molecule has 0 atom stereocenters. The van der Waals surface area contributed by atoms with Gasteiger partial charge < -0.3 is 9.84 Å². The molecule has 0 saturated carbocycles. The van der Waals surface area contributed by atoms with Gasteiger partial charge in [0, 0.05) is 0 Å². The van der Waals surface area contributed by atoms with Gasteiger partial charge in [0.1, 0.15) is 0 Å². The van der Waals surface area contributed by atoms with Gasteiger partial charge in [0.25, 0.3) is 0 Å². The van der Waals surface area contributed by atoms with E-state index in [0.717, 1.165) is 0 Å². The Bertz CT molecular complexity index is 266. The number of rotatable bonds is 3. The van der Waals surface area contributed by atoms with Crippen LogP contribution in [0.2, 0.25) is 0 Å². The molecule has 0 radical (unpaired) electrons. The van der Waals surface area contributed by atoms with Gasteiger partial charge in [-0.3, -0.25) is 0 Å². The zero-order valence-corrected chi connectivity index (χ0v) is 8.82. The molecule has 0 spiro atoms. The molecule has 0 rings (SSSR count). The molecule has 0 fully saturated rings. The summed E-state index contributed by atoms with van der Waals surface area (Å²) in [5.74, 6) is -3.24. The van der Waals surface area contributed by atoms with E-state index in [0.29, 0.717) is 0 Å². The van der Waals surface area contributed by atoms with Gasteiger partial charge in [0.2, 0.25) is 0 Å². The van der Waals surface area contributed by atoms with Crippen molar-refractivity contribution in [3.05, 3.63) is 0 Å². The summed E-state index contributed by atoms with van der Waals surface area (Å²) in [6, 6.07) is 0. The molecule has 17 heavy (non-hydrogen) atoms. The Labute approximate surface area is 92.4 Å². The van der Waals surface area contributed by atoms with Crippen molar-refractivity contribution >= 4 is 5.97 Å². The second-order valence-corrected chi connectivity index (χ2v) is 3.70. The van der Waals surface area contributed by atoms with Crippen LogP contribution in [0, 0.1) is 5.92 Å². The highest BCUT2D eigenvalue weighted by molar-refractivity contribution is 5.81. The van der Waals surface area contributed by atoms with Crippen LogP contribution in [-0.2, 0) is 9.53 Å². The topological polar surface area (TPSA) is 46.5 Å². The summed E-state index contributed by atoms with van der Waals surface area (Å²) in [6.45, 7) is 2.16. The van der Waals surface area contributed by atoms with Gasteiger partial charge in [-0.1, -0.05) is 13.8 Å². The summed E-state index contributed by atoms with van der Waals surface area (Å²) in [4.78, 5) is 10.8. The summed E-state index contributed by atoms with van der Waals surface area (Å²) >= 11 is 0. The SMILES string of the molecule is CC(C)COC(=O)C(O)(C(F)(F)F)C(F)(F)F. The predicted octanol–water partition coefficient (Wildman–Crippen LogP) is 2.04. The molecule has 102 valence electrons. The number of carbonyl (C=O) groups excluding carboxylic acids is 1. The molecule has 0 saturated heterocycles. The molecule has 0 amide bonds. The number of ether oxygens (including phenoxy) is 1. The van der Waals surface area contributed by atoms with Crippen LogP contribution in [0.5, 0.6) is 0 Å². The summed E-state index contributed by atoms with van der Waals surface area (Å²) in [5, 5.41) is 8.54. The lowest BCUT2D eigenvalue weighted by Crippen LogP contribution is -2.63. The Kier molecular flexibility index (Phi) is 4.44. The molecule has 0 aromatic carbocycles. The highest BCUT2D eigenvalue weighted by atomic mass is 19.4. The molecule has 0 aromatic heterocycles. The van der Waals surface area contributed by atoms with Crippen molar-refractivity contribution in [2.24, 2.45) is 5.92 Å². The smallest absolute Gasteiger partial charge is 0.437 e. The number of esters is 1. The standard InChI is InChI=1S/C8H10F6O3/c1-4(2)3-17-5(15)6(16,7(9,10)11)8(12,13)14/h4,16H,3H2,1-2H3. The Hall–Kier alpha value is -0.990. The van der Waals surface area contributed by atoms with Crippen molar-refractivity contribution in [1.82, 2.24) is 0 Å². The minimum absolute atomic E-state index is 0.468. The molecule has 0 aromatic rings. The highest BCUT2D eigenvalue weighted by Gasteiger charge is 2.76. The number of aliphatic hydroxyl groups is 1. The maximum atomic E-state index is 12.1. The van der Waals surface area contributed by atoms with Gasteiger partial charge in [0.15, 0.2) is 0 Å². The van der Waals surface area contributed by atoms with Crippen molar-refractivity contribution in [2.45, 2.75) is 31.8 Å². The second-order valence-electron chi connectivity index (χ2n) is 3.70. The largest absolute Gasteiger partial charge is 0.463 e. The zero-order chi connectivity index (χ0) is 14.1. The van der Waals surface area contributed by atoms with E-state index in [4.69, 9.17) is 5.11 Å². The maximum absolute atomic E-state index is 12.1. The van der Waals surface area contributed by atoms with E-state index in [1.165, 1.54) is 13.8 Å². The van der Waals surface area contributed by atoms with Crippen molar-refractivity contribution in [3.63, 3.8) is 0 Å². The lowest BCUT2D eigenvalue weighted by molar-refractivity contribution is -0.357. The Balaban J connectivity index is 5.16. The molecular formula is C8H10F6O3. The minimum Gasteiger partial charge on any atom is -0.463 e. The summed E-state index contributed by atoms with van der Waals surface area (Å²) in [6.07, 6.45) is -12.4. The average Bonchev–Trinajstić information content (AvgIpc) is 2.08. The van der Waals surface area contributed by atoms with Gasteiger partial charge in [-0.25, -0.2) is 4.79 Å². The van der Waals surface area contributed by atoms with Crippen LogP contribution in [0.1, 0.15) is 13.8 Å². The van der Waals surface area contributed by atoms with Crippen molar-refractivity contribution in [1.29, 1.82) is 0 Å². The van der Waals surface area contributed by atoms with Gasteiger partial charge in [-0.05, 0) is 5.92 Å². The number of carbonyl (C=O) groups is 1. The van der Waals surface area contributed by atoms with E-state index in [-0.39, 0.29) is 0 Å². The minimum atomic E-state index is -6.20. The Morgan fingerprint density at radius 1 is 1.12 bits per heavy atom. The first-order valence-electron chi connectivity index (χ1n) is 4.37. The predicted molar refractivity (Wildman–Crippen MR) is 42.9 cm³/mol. The fourth-order valence-electron chi connectivity index (χ4n) is 0.739. The third kappa shape index (κ3) is 3.24. The molecule has 0 heterocycles. The van der Waals surface area contributed by atoms with Crippen LogP contribution < -0.4 is 0 Å². The fraction of sp³-hybridized carbons (Fsp3) is 0.875. The van der Waals surface area contributed by atoms with E-state index < -0.39 is 36.4 Å². The van der Waals surface area contributed by atoms with E-state index in [2.05, 4.69) is 4.74 Å². The third-order valence-electron chi connectivity index (χ3n) is 1.66. The first-order chi connectivity index (χ1) is 7.34. The number of hydrogen-bond acceptors (Lipinski definition) is 3. The maximum Gasteiger partial charge on any atom is 0.437 e. The van der Waals surface area contributed by atoms with Crippen LogP contribution in [0.15, 0.2) is 0 Å². The van der Waals surface area contributed by atoms with Crippen LogP contribution in [0.25, 0.3) is 0 Å². The molecule has 9 heteroatoms. The first-order valence-corrected chi connectivity index (χ1v) is 4.37. The lowest BCUT2D eigenvalue weighted by atomic mass is 10.0. The van der Waals surface area contributed by atoms with Crippen molar-refractivity contribution in [2.75, 3.05) is 6.61 Å². The zero-order valence-electron chi connectivity index (χ0n) is 8.82. The van der Waals surface area contributed by atoms with Gasteiger partial charge in [-0.2, -0.15) is 26.3 Å². The fourth-order valence-corrected chi connectivity index (χ4v) is 0.739. The third-order valence-corrected chi connectivity index (χ3v) is 1.66. The van der Waals surface area contributed by atoms with Gasteiger partial charge in [-0.15, -0.1) is 0 Å². The van der Waals surface area contributed by atoms with E-state index in [1.54, 1.807) is 0 Å². The van der Waals surface area contributed by atoms with Gasteiger partial charge >= 0.3 is 23.9 Å². The highest BCUT2D eigenvalue weighted by Crippen LogP contribution is 2.43. The molecule has 0 aliphatic rings. The van der Waals surface area contributed by atoms with E-state index >= 15 is 0 Å². The first kappa shape index (κ1) is 16.0. The molecule has 0 aliphatic carbocycles. The summed E-state index contributed by atoms with van der Waals surface area (Å²) < 4.78 is 76.4. The van der Waals surface area contributed by atoms with Crippen LogP contribution in [0.3, 0.4) is 0 Å². The number of halogens is 6. The average molecular weight is 268 g/mol. The molecule has 0 unspecified atom stereocenters. The van der Waals surface area contributed by atoms with Crippen LogP contribution in [0.4, 0.5) is 26.3 Å². The number of hydrogen-bond donors (Lipinski definition) is 1. The normalized spacial score (nSPS) is 14.0.